The van der Waals surface area contributed by atoms with E-state index in [1.54, 1.807) is 20.8 Å². The molecule has 1 aromatic rings. The van der Waals surface area contributed by atoms with Crippen molar-refractivity contribution >= 4 is 24.1 Å². The van der Waals surface area contributed by atoms with Crippen molar-refractivity contribution in [1.82, 2.24) is 15.1 Å². The smallest absolute Gasteiger partial charge is 0.410 e. The molecular weight excluding hydrogens is 442 g/mol. The van der Waals surface area contributed by atoms with Crippen LogP contribution < -0.4 is 5.32 Å². The number of nitrogens with zero attached hydrogens (tertiary/aromatic N) is 2. The van der Waals surface area contributed by atoms with Crippen molar-refractivity contribution in [2.45, 2.75) is 70.5 Å². The average Bonchev–Trinajstić information content (AvgIpc) is 3.36. The summed E-state index contributed by atoms with van der Waals surface area (Å²) in [7, 11) is 0. The van der Waals surface area contributed by atoms with Crippen molar-refractivity contribution in [1.29, 1.82) is 0 Å². The second kappa shape index (κ2) is 10.1. The van der Waals surface area contributed by atoms with E-state index in [4.69, 9.17) is 9.47 Å². The molecule has 34 heavy (non-hydrogen) atoms. The molecule has 2 aliphatic rings. The van der Waals surface area contributed by atoms with Gasteiger partial charge in [0.1, 0.15) is 23.8 Å². The van der Waals surface area contributed by atoms with Gasteiger partial charge in [-0.3, -0.25) is 9.69 Å². The number of hydrogen-bond donors (Lipinski definition) is 2. The van der Waals surface area contributed by atoms with Crippen LogP contribution in [-0.4, -0.2) is 69.3 Å². The fourth-order valence-corrected chi connectivity index (χ4v) is 4.08. The Balaban J connectivity index is 1.65. The minimum atomic E-state index is -1.21. The molecule has 0 aromatic heterocycles. The maximum atomic E-state index is 13.2. The quantitative estimate of drug-likeness (QED) is 0.609. The summed E-state index contributed by atoms with van der Waals surface area (Å²) in [4.78, 5) is 52.6. The van der Waals surface area contributed by atoms with Crippen LogP contribution in [0.15, 0.2) is 36.9 Å². The summed E-state index contributed by atoms with van der Waals surface area (Å²) in [6.07, 6.45) is -0.649. The fourth-order valence-electron chi connectivity index (χ4n) is 4.08. The van der Waals surface area contributed by atoms with Gasteiger partial charge < -0.3 is 24.8 Å². The molecular formula is C24H31N3O7. The highest BCUT2D eigenvalue weighted by Gasteiger charge is 2.44. The van der Waals surface area contributed by atoms with E-state index < -0.39 is 47.9 Å². The van der Waals surface area contributed by atoms with E-state index in [-0.39, 0.29) is 19.4 Å². The van der Waals surface area contributed by atoms with Crippen LogP contribution in [-0.2, 0) is 32.2 Å². The lowest BCUT2D eigenvalue weighted by molar-refractivity contribution is -0.149. The van der Waals surface area contributed by atoms with Crippen molar-refractivity contribution in [2.24, 2.45) is 0 Å². The largest absolute Gasteiger partial charge is 0.480 e. The Labute approximate surface area is 198 Å². The second-order valence-electron chi connectivity index (χ2n) is 9.43. The van der Waals surface area contributed by atoms with Gasteiger partial charge in [0.05, 0.1) is 6.54 Å². The summed E-state index contributed by atoms with van der Waals surface area (Å²) in [5.41, 5.74) is 1.30. The van der Waals surface area contributed by atoms with Gasteiger partial charge in [0.2, 0.25) is 5.91 Å². The van der Waals surface area contributed by atoms with Gasteiger partial charge >= 0.3 is 18.2 Å². The number of carboxylic acids is 1. The molecule has 3 amide bonds. The van der Waals surface area contributed by atoms with Crippen molar-refractivity contribution < 1.29 is 33.8 Å². The number of carbonyl (C=O) groups excluding carboxylic acids is 3. The van der Waals surface area contributed by atoms with Crippen LogP contribution in [0.1, 0.15) is 44.7 Å². The lowest BCUT2D eigenvalue weighted by Gasteiger charge is -2.28. The number of alkyl carbamates (subject to hydrolysis) is 1. The SMILES string of the molecule is C=CC[C@H](NC(=O)OC(C)(C)C)C(=O)N1C[C@H](OC(=O)N2Cc3ccccc3C2)C[C@H]1C(=O)O. The third-order valence-corrected chi connectivity index (χ3v) is 5.59. The van der Waals surface area contributed by atoms with Crippen molar-refractivity contribution in [3.63, 3.8) is 0 Å². The Morgan fingerprint density at radius 3 is 2.35 bits per heavy atom. The summed E-state index contributed by atoms with van der Waals surface area (Å²) in [5, 5.41) is 12.2. The Kier molecular flexibility index (Phi) is 7.48. The minimum absolute atomic E-state index is 0.0408. The number of rotatable bonds is 6. The standard InChI is InChI=1S/C24H31N3O7/c1-5-8-18(25-22(31)34-24(2,3)4)20(28)27-14-17(11-19(27)21(29)30)33-23(32)26-12-15-9-6-7-10-16(15)13-26/h5-7,9-10,17-19H,1,8,11-14H2,2-4H3,(H,25,31)(H,29,30)/t17-,18+,19+/m1/s1. The minimum Gasteiger partial charge on any atom is -0.480 e. The van der Waals surface area contributed by atoms with Gasteiger partial charge in [-0.1, -0.05) is 30.3 Å². The highest BCUT2D eigenvalue weighted by Crippen LogP contribution is 2.26. The van der Waals surface area contributed by atoms with E-state index in [0.717, 1.165) is 16.0 Å². The number of ether oxygens (including phenoxy) is 2. The highest BCUT2D eigenvalue weighted by atomic mass is 16.6. The number of nitrogens with one attached hydrogen (secondary N) is 1. The number of benzene rings is 1. The number of fused-ring (bicyclic) bond motifs is 1. The van der Waals surface area contributed by atoms with Crippen LogP contribution >= 0.6 is 0 Å². The molecule has 3 atom stereocenters. The average molecular weight is 474 g/mol. The van der Waals surface area contributed by atoms with E-state index in [9.17, 15) is 24.3 Å². The first kappa shape index (κ1) is 25.1. The van der Waals surface area contributed by atoms with Crippen LogP contribution in [0.2, 0.25) is 0 Å². The first-order valence-electron chi connectivity index (χ1n) is 11.1. The molecule has 0 spiro atoms. The molecule has 3 rings (SSSR count). The monoisotopic (exact) mass is 473 g/mol. The number of likely N-dealkylation sites (tertiary alicyclic amines) is 1. The fraction of sp³-hybridized carbons (Fsp3) is 0.500. The predicted octanol–water partition coefficient (Wildman–Crippen LogP) is 2.66. The van der Waals surface area contributed by atoms with Crippen LogP contribution in [0, 0.1) is 0 Å². The van der Waals surface area contributed by atoms with Gasteiger partial charge in [-0.25, -0.2) is 14.4 Å². The zero-order chi connectivity index (χ0) is 25.0. The summed E-state index contributed by atoms with van der Waals surface area (Å²) in [6.45, 7) is 9.41. The van der Waals surface area contributed by atoms with Crippen LogP contribution in [0.3, 0.4) is 0 Å². The van der Waals surface area contributed by atoms with Gasteiger partial charge in [0.25, 0.3) is 0 Å². The molecule has 10 heteroatoms. The zero-order valence-corrected chi connectivity index (χ0v) is 19.7. The number of amides is 3. The van der Waals surface area contributed by atoms with Gasteiger partial charge in [-0.2, -0.15) is 0 Å². The molecule has 0 bridgehead atoms. The molecule has 1 fully saturated rings. The zero-order valence-electron chi connectivity index (χ0n) is 19.7. The molecule has 2 heterocycles. The third kappa shape index (κ3) is 6.06. The molecule has 184 valence electrons. The first-order valence-corrected chi connectivity index (χ1v) is 11.1. The van der Waals surface area contributed by atoms with Crippen LogP contribution in [0.4, 0.5) is 9.59 Å². The Morgan fingerprint density at radius 1 is 1.21 bits per heavy atom. The molecule has 0 saturated carbocycles. The first-order chi connectivity index (χ1) is 16.0. The summed E-state index contributed by atoms with van der Waals surface area (Å²) in [6, 6.07) is 5.44. The lowest BCUT2D eigenvalue weighted by atomic mass is 10.1. The normalized spacial score (nSPS) is 20.3. The maximum Gasteiger partial charge on any atom is 0.410 e. The number of carboxylic acid groups (broad SMARTS) is 1. The molecule has 2 aliphatic heterocycles. The molecule has 10 nitrogen and oxygen atoms in total. The van der Waals surface area contributed by atoms with Gasteiger partial charge in [0.15, 0.2) is 0 Å². The van der Waals surface area contributed by atoms with E-state index in [2.05, 4.69) is 11.9 Å². The van der Waals surface area contributed by atoms with Crippen LogP contribution in [0.5, 0.6) is 0 Å². The molecule has 2 N–H and O–H groups in total. The van der Waals surface area contributed by atoms with Gasteiger partial charge in [0, 0.05) is 19.5 Å². The van der Waals surface area contributed by atoms with Crippen molar-refractivity contribution in [2.75, 3.05) is 6.54 Å². The summed E-state index contributed by atoms with van der Waals surface area (Å²) >= 11 is 0. The van der Waals surface area contributed by atoms with Crippen molar-refractivity contribution in [3.05, 3.63) is 48.0 Å². The lowest BCUT2D eigenvalue weighted by Crippen LogP contribution is -2.52. The summed E-state index contributed by atoms with van der Waals surface area (Å²) in [5.74, 6) is -1.82. The predicted molar refractivity (Wildman–Crippen MR) is 122 cm³/mol. The molecule has 0 aliphatic carbocycles. The van der Waals surface area contributed by atoms with E-state index in [1.165, 1.54) is 11.0 Å². The van der Waals surface area contributed by atoms with E-state index >= 15 is 0 Å². The molecule has 0 radical (unpaired) electrons. The molecule has 0 unspecified atom stereocenters. The Bertz CT molecular complexity index is 947. The molecule has 1 aromatic carbocycles. The van der Waals surface area contributed by atoms with Crippen molar-refractivity contribution in [3.8, 4) is 0 Å². The number of carbonyl (C=O) groups is 4. The van der Waals surface area contributed by atoms with E-state index in [0.29, 0.717) is 13.1 Å². The summed E-state index contributed by atoms with van der Waals surface area (Å²) < 4.78 is 10.8. The Hall–Kier alpha value is -3.56. The molecule has 1 saturated heterocycles. The second-order valence-corrected chi connectivity index (χ2v) is 9.43. The van der Waals surface area contributed by atoms with Gasteiger partial charge in [-0.05, 0) is 38.3 Å². The topological polar surface area (TPSA) is 125 Å². The van der Waals surface area contributed by atoms with Gasteiger partial charge in [-0.15, -0.1) is 6.58 Å². The Morgan fingerprint density at radius 2 is 1.82 bits per heavy atom. The van der Waals surface area contributed by atoms with E-state index in [1.807, 2.05) is 24.3 Å². The maximum absolute atomic E-state index is 13.2. The third-order valence-electron chi connectivity index (χ3n) is 5.59. The number of aliphatic carboxylic acids is 1. The highest BCUT2D eigenvalue weighted by molar-refractivity contribution is 5.90. The number of hydrogen-bond acceptors (Lipinski definition) is 6. The van der Waals surface area contributed by atoms with Crippen LogP contribution in [0.25, 0.3) is 0 Å².